The number of rotatable bonds is 2. The fraction of sp³-hybridized carbons (Fsp3) is 0.562. The third-order valence-corrected chi connectivity index (χ3v) is 4.96. The standard InChI is InChI=1S/C16H19NO4/c1-9-5-12-13(20-8-19-12)6-11(9)17-15(18)16(2)7-10-3-4-14(16)21-10/h5-6,10,14H,3-4,7-8H2,1-2H3,(H,17,18). The Balaban J connectivity index is 1.57. The van der Waals surface area contributed by atoms with Crippen molar-refractivity contribution in [2.75, 3.05) is 12.1 Å². The summed E-state index contributed by atoms with van der Waals surface area (Å²) in [6.07, 6.45) is 3.18. The number of anilines is 1. The molecular formula is C16H19NO4. The van der Waals surface area contributed by atoms with Gasteiger partial charge in [-0.25, -0.2) is 0 Å². The van der Waals surface area contributed by atoms with Gasteiger partial charge in [-0.15, -0.1) is 0 Å². The summed E-state index contributed by atoms with van der Waals surface area (Å²) in [5.74, 6) is 1.46. The lowest BCUT2D eigenvalue weighted by Crippen LogP contribution is -2.41. The first-order valence-corrected chi connectivity index (χ1v) is 7.43. The second kappa shape index (κ2) is 4.37. The molecule has 2 fully saturated rings. The lowest BCUT2D eigenvalue weighted by atomic mass is 9.75. The van der Waals surface area contributed by atoms with E-state index in [1.165, 1.54) is 0 Å². The van der Waals surface area contributed by atoms with Gasteiger partial charge in [0.2, 0.25) is 12.7 Å². The van der Waals surface area contributed by atoms with E-state index in [4.69, 9.17) is 14.2 Å². The van der Waals surface area contributed by atoms with Crippen molar-refractivity contribution in [1.82, 2.24) is 0 Å². The first-order chi connectivity index (χ1) is 10.1. The quantitative estimate of drug-likeness (QED) is 0.909. The van der Waals surface area contributed by atoms with Crippen LogP contribution in [0.1, 0.15) is 31.7 Å². The minimum absolute atomic E-state index is 0.0386. The smallest absolute Gasteiger partial charge is 0.233 e. The first kappa shape index (κ1) is 13.0. The Morgan fingerprint density at radius 2 is 2.05 bits per heavy atom. The van der Waals surface area contributed by atoms with Gasteiger partial charge in [0.1, 0.15) is 0 Å². The minimum atomic E-state index is -0.425. The molecule has 3 aliphatic heterocycles. The van der Waals surface area contributed by atoms with Gasteiger partial charge in [0, 0.05) is 11.8 Å². The summed E-state index contributed by atoms with van der Waals surface area (Å²) < 4.78 is 16.6. The molecule has 3 atom stereocenters. The van der Waals surface area contributed by atoms with Crippen LogP contribution in [0.2, 0.25) is 0 Å². The SMILES string of the molecule is Cc1cc2c(cc1NC(=O)C1(C)CC3CCC1O3)OCO2. The molecule has 112 valence electrons. The van der Waals surface area contributed by atoms with Gasteiger partial charge in [-0.05, 0) is 44.7 Å². The van der Waals surface area contributed by atoms with Gasteiger partial charge in [0.25, 0.3) is 0 Å². The van der Waals surface area contributed by atoms with Crippen LogP contribution in [0.25, 0.3) is 0 Å². The van der Waals surface area contributed by atoms with Crippen molar-refractivity contribution in [2.24, 2.45) is 5.41 Å². The van der Waals surface area contributed by atoms with Crippen molar-refractivity contribution in [2.45, 2.75) is 45.3 Å². The predicted molar refractivity (Wildman–Crippen MR) is 76.6 cm³/mol. The molecule has 1 N–H and O–H groups in total. The third kappa shape index (κ3) is 1.91. The molecule has 3 aliphatic rings. The number of carbonyl (C=O) groups is 1. The van der Waals surface area contributed by atoms with E-state index in [0.717, 1.165) is 36.3 Å². The van der Waals surface area contributed by atoms with Crippen LogP contribution < -0.4 is 14.8 Å². The zero-order chi connectivity index (χ0) is 14.6. The van der Waals surface area contributed by atoms with Crippen molar-refractivity contribution in [3.63, 3.8) is 0 Å². The van der Waals surface area contributed by atoms with Gasteiger partial charge in [-0.1, -0.05) is 0 Å². The Hall–Kier alpha value is -1.75. The number of benzene rings is 1. The van der Waals surface area contributed by atoms with Gasteiger partial charge >= 0.3 is 0 Å². The summed E-state index contributed by atoms with van der Waals surface area (Å²) in [7, 11) is 0. The van der Waals surface area contributed by atoms with Crippen molar-refractivity contribution in [3.05, 3.63) is 17.7 Å². The van der Waals surface area contributed by atoms with E-state index in [1.807, 2.05) is 26.0 Å². The summed E-state index contributed by atoms with van der Waals surface area (Å²) in [4.78, 5) is 12.7. The van der Waals surface area contributed by atoms with E-state index < -0.39 is 5.41 Å². The molecule has 5 heteroatoms. The lowest BCUT2D eigenvalue weighted by molar-refractivity contribution is -0.127. The average molecular weight is 289 g/mol. The Labute approximate surface area is 123 Å². The van der Waals surface area contributed by atoms with Gasteiger partial charge < -0.3 is 19.5 Å². The summed E-state index contributed by atoms with van der Waals surface area (Å²) in [5, 5.41) is 3.05. The summed E-state index contributed by atoms with van der Waals surface area (Å²) >= 11 is 0. The second-order valence-corrected chi connectivity index (χ2v) is 6.42. The topological polar surface area (TPSA) is 56.8 Å². The monoisotopic (exact) mass is 289 g/mol. The van der Waals surface area contributed by atoms with Crippen LogP contribution in [0.4, 0.5) is 5.69 Å². The van der Waals surface area contributed by atoms with Crippen LogP contribution >= 0.6 is 0 Å². The van der Waals surface area contributed by atoms with Crippen LogP contribution in [0.15, 0.2) is 12.1 Å². The summed E-state index contributed by atoms with van der Waals surface area (Å²) in [6.45, 7) is 4.20. The number of fused-ring (bicyclic) bond motifs is 3. The number of hydrogen-bond acceptors (Lipinski definition) is 4. The van der Waals surface area contributed by atoms with Crippen molar-refractivity contribution < 1.29 is 19.0 Å². The molecule has 2 saturated heterocycles. The van der Waals surface area contributed by atoms with Crippen LogP contribution in [0.3, 0.4) is 0 Å². The number of amides is 1. The summed E-state index contributed by atoms with van der Waals surface area (Å²) in [6, 6.07) is 3.74. The van der Waals surface area contributed by atoms with Gasteiger partial charge in [-0.3, -0.25) is 4.79 Å². The maximum Gasteiger partial charge on any atom is 0.233 e. The Kier molecular flexibility index (Phi) is 2.70. The molecular weight excluding hydrogens is 270 g/mol. The lowest BCUT2D eigenvalue weighted by Gasteiger charge is -2.30. The molecule has 1 amide bonds. The molecule has 0 aromatic heterocycles. The number of ether oxygens (including phenoxy) is 3. The van der Waals surface area contributed by atoms with Gasteiger partial charge in [0.05, 0.1) is 17.6 Å². The fourth-order valence-electron chi connectivity index (χ4n) is 3.61. The molecule has 1 aromatic carbocycles. The van der Waals surface area contributed by atoms with E-state index in [1.54, 1.807) is 0 Å². The van der Waals surface area contributed by atoms with E-state index in [9.17, 15) is 4.79 Å². The van der Waals surface area contributed by atoms with Crippen molar-refractivity contribution in [3.8, 4) is 11.5 Å². The third-order valence-electron chi connectivity index (χ3n) is 4.96. The van der Waals surface area contributed by atoms with Crippen LogP contribution in [-0.2, 0) is 9.53 Å². The molecule has 2 bridgehead atoms. The maximum absolute atomic E-state index is 12.7. The zero-order valence-electron chi connectivity index (χ0n) is 12.3. The summed E-state index contributed by atoms with van der Waals surface area (Å²) in [5.41, 5.74) is 1.33. The number of hydrogen-bond donors (Lipinski definition) is 1. The molecule has 21 heavy (non-hydrogen) atoms. The van der Waals surface area contributed by atoms with Gasteiger partial charge in [-0.2, -0.15) is 0 Å². The highest BCUT2D eigenvalue weighted by molar-refractivity contribution is 5.96. The van der Waals surface area contributed by atoms with E-state index >= 15 is 0 Å². The zero-order valence-corrected chi connectivity index (χ0v) is 12.3. The van der Waals surface area contributed by atoms with Crippen LogP contribution in [0.5, 0.6) is 11.5 Å². The van der Waals surface area contributed by atoms with Crippen molar-refractivity contribution in [1.29, 1.82) is 0 Å². The average Bonchev–Trinajstić information content (AvgIpc) is 3.14. The molecule has 3 unspecified atom stereocenters. The van der Waals surface area contributed by atoms with Gasteiger partial charge in [0.15, 0.2) is 11.5 Å². The van der Waals surface area contributed by atoms with E-state index in [-0.39, 0.29) is 24.9 Å². The highest BCUT2D eigenvalue weighted by Crippen LogP contribution is 2.48. The van der Waals surface area contributed by atoms with Crippen molar-refractivity contribution >= 4 is 11.6 Å². The number of aryl methyl sites for hydroxylation is 1. The molecule has 1 aromatic rings. The molecule has 0 aliphatic carbocycles. The highest BCUT2D eigenvalue weighted by Gasteiger charge is 2.53. The molecule has 0 spiro atoms. The fourth-order valence-corrected chi connectivity index (χ4v) is 3.61. The number of carbonyl (C=O) groups excluding carboxylic acids is 1. The van der Waals surface area contributed by atoms with Crippen LogP contribution in [-0.4, -0.2) is 24.9 Å². The second-order valence-electron chi connectivity index (χ2n) is 6.42. The normalized spacial score (nSPS) is 32.5. The Morgan fingerprint density at radius 3 is 2.71 bits per heavy atom. The Morgan fingerprint density at radius 1 is 1.29 bits per heavy atom. The molecule has 0 saturated carbocycles. The molecule has 5 nitrogen and oxygen atoms in total. The molecule has 4 rings (SSSR count). The van der Waals surface area contributed by atoms with Crippen LogP contribution in [0, 0.1) is 12.3 Å². The minimum Gasteiger partial charge on any atom is -0.454 e. The highest BCUT2D eigenvalue weighted by atomic mass is 16.7. The Bertz CT molecular complexity index is 615. The molecule has 0 radical (unpaired) electrons. The first-order valence-electron chi connectivity index (χ1n) is 7.43. The maximum atomic E-state index is 12.7. The van der Waals surface area contributed by atoms with E-state index in [2.05, 4.69) is 5.32 Å². The largest absolute Gasteiger partial charge is 0.454 e. The molecule has 3 heterocycles. The van der Waals surface area contributed by atoms with E-state index in [0.29, 0.717) is 5.75 Å². The number of nitrogens with one attached hydrogen (secondary N) is 1. The predicted octanol–water partition coefficient (Wildman–Crippen LogP) is 2.62.